The van der Waals surface area contributed by atoms with E-state index in [1.54, 1.807) is 13.0 Å². The highest BCUT2D eigenvalue weighted by Gasteiger charge is 1.92. The Morgan fingerprint density at radius 1 is 1.58 bits per heavy atom. The number of alkyl halides is 1. The van der Waals surface area contributed by atoms with Crippen LogP contribution in [0.5, 0.6) is 0 Å². The molecule has 1 heterocycles. The van der Waals surface area contributed by atoms with Crippen LogP contribution in [-0.2, 0) is 0 Å². The van der Waals surface area contributed by atoms with Crippen molar-refractivity contribution in [3.63, 3.8) is 0 Å². The van der Waals surface area contributed by atoms with Crippen LogP contribution in [0.2, 0.25) is 0 Å². The lowest BCUT2D eigenvalue weighted by atomic mass is 10.2. The second-order valence-electron chi connectivity index (χ2n) is 2.30. The molecule has 3 heteroatoms. The molecule has 0 aliphatic heterocycles. The van der Waals surface area contributed by atoms with E-state index in [4.69, 9.17) is 11.6 Å². The summed E-state index contributed by atoms with van der Waals surface area (Å²) in [5, 5.41) is 0. The van der Waals surface area contributed by atoms with Crippen molar-refractivity contribution >= 4 is 11.6 Å². The first-order valence-corrected chi connectivity index (χ1v) is 4.02. The Hall–Kier alpha value is -1.20. The molecular formula is C9H8ClNO. The summed E-state index contributed by atoms with van der Waals surface area (Å²) < 4.78 is 0. The van der Waals surface area contributed by atoms with Gasteiger partial charge >= 0.3 is 0 Å². The number of aromatic amines is 1. The Bertz CT molecular complexity index is 383. The Morgan fingerprint density at radius 2 is 2.33 bits per heavy atom. The first-order valence-electron chi connectivity index (χ1n) is 3.49. The molecule has 0 amide bonds. The summed E-state index contributed by atoms with van der Waals surface area (Å²) in [5.41, 5.74) is 1.49. The minimum Gasteiger partial charge on any atom is -0.325 e. The lowest BCUT2D eigenvalue weighted by Crippen LogP contribution is -2.05. The van der Waals surface area contributed by atoms with Gasteiger partial charge in [0, 0.05) is 17.3 Å². The molecule has 2 nitrogen and oxygen atoms in total. The van der Waals surface area contributed by atoms with Crippen molar-refractivity contribution in [2.45, 2.75) is 6.92 Å². The van der Waals surface area contributed by atoms with Gasteiger partial charge in [-0.1, -0.05) is 11.8 Å². The number of halogens is 1. The van der Waals surface area contributed by atoms with Crippen LogP contribution >= 0.6 is 11.6 Å². The maximum absolute atomic E-state index is 10.8. The van der Waals surface area contributed by atoms with E-state index in [-0.39, 0.29) is 5.56 Å². The van der Waals surface area contributed by atoms with E-state index in [0.29, 0.717) is 5.88 Å². The number of pyridine rings is 1. The number of hydrogen-bond donors (Lipinski definition) is 1. The van der Waals surface area contributed by atoms with E-state index in [9.17, 15) is 4.79 Å². The second-order valence-corrected chi connectivity index (χ2v) is 2.56. The smallest absolute Gasteiger partial charge is 0.248 e. The second kappa shape index (κ2) is 3.99. The average Bonchev–Trinajstić information content (AvgIpc) is 2.03. The van der Waals surface area contributed by atoms with Gasteiger partial charge in [0.25, 0.3) is 0 Å². The van der Waals surface area contributed by atoms with E-state index < -0.39 is 0 Å². The molecule has 0 radical (unpaired) electrons. The molecule has 0 saturated carbocycles. The third kappa shape index (κ3) is 2.14. The Kier molecular flexibility index (Phi) is 2.95. The van der Waals surface area contributed by atoms with Crippen molar-refractivity contribution in [3.05, 3.63) is 33.7 Å². The van der Waals surface area contributed by atoms with Crippen LogP contribution in [0, 0.1) is 18.8 Å². The lowest BCUT2D eigenvalue weighted by Gasteiger charge is -1.94. The molecule has 62 valence electrons. The number of nitrogens with one attached hydrogen (secondary N) is 1. The van der Waals surface area contributed by atoms with Crippen molar-refractivity contribution in [3.8, 4) is 11.8 Å². The van der Waals surface area contributed by atoms with Crippen molar-refractivity contribution in [2.24, 2.45) is 0 Å². The molecule has 0 aliphatic carbocycles. The summed E-state index contributed by atoms with van der Waals surface area (Å²) in [4.78, 5) is 13.4. The van der Waals surface area contributed by atoms with Gasteiger partial charge < -0.3 is 4.98 Å². The third-order valence-electron chi connectivity index (χ3n) is 1.41. The predicted molar refractivity (Wildman–Crippen MR) is 49.4 cm³/mol. The fraction of sp³-hybridized carbons (Fsp3) is 0.222. The molecule has 0 aliphatic rings. The molecule has 1 N–H and O–H groups in total. The zero-order valence-corrected chi connectivity index (χ0v) is 7.40. The Balaban J connectivity index is 3.10. The van der Waals surface area contributed by atoms with Crippen LogP contribution in [0.1, 0.15) is 11.3 Å². The van der Waals surface area contributed by atoms with Crippen LogP contribution in [0.3, 0.4) is 0 Å². The van der Waals surface area contributed by atoms with Gasteiger partial charge in [0.1, 0.15) is 0 Å². The van der Waals surface area contributed by atoms with Crippen LogP contribution in [-0.4, -0.2) is 10.9 Å². The number of aromatic nitrogens is 1. The SMILES string of the molecule is Cc1[nH]c(=O)ccc1C#CCCl. The van der Waals surface area contributed by atoms with Crippen LogP contribution in [0.15, 0.2) is 16.9 Å². The fourth-order valence-electron chi connectivity index (χ4n) is 0.842. The number of hydrogen-bond acceptors (Lipinski definition) is 1. The molecule has 0 fully saturated rings. The molecule has 0 bridgehead atoms. The molecule has 0 spiro atoms. The third-order valence-corrected chi connectivity index (χ3v) is 1.54. The summed E-state index contributed by atoms with van der Waals surface area (Å²) in [6.45, 7) is 1.81. The Labute approximate surface area is 75.6 Å². The first-order chi connectivity index (χ1) is 5.74. The van der Waals surface area contributed by atoms with E-state index in [1.165, 1.54) is 6.07 Å². The molecule has 0 saturated heterocycles. The molecule has 0 unspecified atom stereocenters. The molecule has 12 heavy (non-hydrogen) atoms. The highest BCUT2D eigenvalue weighted by Crippen LogP contribution is 1.97. The molecule has 1 aromatic rings. The number of aryl methyl sites for hydroxylation is 1. The quantitative estimate of drug-likeness (QED) is 0.475. The van der Waals surface area contributed by atoms with E-state index in [1.807, 2.05) is 0 Å². The van der Waals surface area contributed by atoms with Gasteiger partial charge in [-0.05, 0) is 13.0 Å². The predicted octanol–water partition coefficient (Wildman–Crippen LogP) is 1.27. The highest BCUT2D eigenvalue weighted by molar-refractivity contribution is 6.19. The minimum atomic E-state index is -0.107. The molecule has 0 aromatic carbocycles. The largest absolute Gasteiger partial charge is 0.325 e. The Morgan fingerprint density at radius 3 is 2.92 bits per heavy atom. The van der Waals surface area contributed by atoms with Gasteiger partial charge in [0.15, 0.2) is 0 Å². The molecule has 0 atom stereocenters. The summed E-state index contributed by atoms with van der Waals surface area (Å²) in [5.74, 6) is 5.86. The van der Waals surface area contributed by atoms with Gasteiger partial charge in [0.05, 0.1) is 5.88 Å². The summed E-state index contributed by atoms with van der Waals surface area (Å²) >= 11 is 5.39. The van der Waals surface area contributed by atoms with E-state index in [0.717, 1.165) is 11.3 Å². The summed E-state index contributed by atoms with van der Waals surface area (Å²) in [7, 11) is 0. The highest BCUT2D eigenvalue weighted by atomic mass is 35.5. The first kappa shape index (κ1) is 8.89. The standard InChI is InChI=1S/C9H8ClNO/c1-7-8(3-2-6-10)4-5-9(12)11-7/h4-5H,6H2,1H3,(H,11,12). The fourth-order valence-corrected chi connectivity index (χ4v) is 0.909. The van der Waals surface area contributed by atoms with Crippen molar-refractivity contribution in [1.82, 2.24) is 4.98 Å². The summed E-state index contributed by atoms with van der Waals surface area (Å²) in [6.07, 6.45) is 0. The molecule has 1 aromatic heterocycles. The molecular weight excluding hydrogens is 174 g/mol. The maximum Gasteiger partial charge on any atom is 0.248 e. The number of rotatable bonds is 0. The van der Waals surface area contributed by atoms with Crippen molar-refractivity contribution in [1.29, 1.82) is 0 Å². The normalized spacial score (nSPS) is 8.83. The van der Waals surface area contributed by atoms with Crippen LogP contribution < -0.4 is 5.56 Å². The van der Waals surface area contributed by atoms with E-state index in [2.05, 4.69) is 16.8 Å². The number of H-pyrrole nitrogens is 1. The van der Waals surface area contributed by atoms with Crippen LogP contribution in [0.25, 0.3) is 0 Å². The van der Waals surface area contributed by atoms with Gasteiger partial charge in [-0.3, -0.25) is 4.79 Å². The topological polar surface area (TPSA) is 32.9 Å². The monoisotopic (exact) mass is 181 g/mol. The average molecular weight is 182 g/mol. The van der Waals surface area contributed by atoms with Crippen LogP contribution in [0.4, 0.5) is 0 Å². The van der Waals surface area contributed by atoms with Gasteiger partial charge in [0.2, 0.25) is 5.56 Å². The van der Waals surface area contributed by atoms with Gasteiger partial charge in [-0.2, -0.15) is 0 Å². The zero-order valence-electron chi connectivity index (χ0n) is 6.65. The van der Waals surface area contributed by atoms with Gasteiger partial charge in [-0.25, -0.2) is 0 Å². The van der Waals surface area contributed by atoms with Crippen molar-refractivity contribution < 1.29 is 0 Å². The maximum atomic E-state index is 10.8. The zero-order chi connectivity index (χ0) is 8.97. The lowest BCUT2D eigenvalue weighted by molar-refractivity contribution is 1.13. The van der Waals surface area contributed by atoms with E-state index >= 15 is 0 Å². The van der Waals surface area contributed by atoms with Crippen molar-refractivity contribution in [2.75, 3.05) is 5.88 Å². The summed E-state index contributed by atoms with van der Waals surface area (Å²) in [6, 6.07) is 3.14. The minimum absolute atomic E-state index is 0.107. The van der Waals surface area contributed by atoms with Gasteiger partial charge in [-0.15, -0.1) is 11.6 Å². The molecule has 1 rings (SSSR count).